The fourth-order valence-corrected chi connectivity index (χ4v) is 2.39. The second-order valence-corrected chi connectivity index (χ2v) is 5.08. The van der Waals surface area contributed by atoms with Crippen LogP contribution < -0.4 is 14.8 Å². The van der Waals surface area contributed by atoms with Gasteiger partial charge in [0.1, 0.15) is 0 Å². The molecule has 0 fully saturated rings. The lowest BCUT2D eigenvalue weighted by Gasteiger charge is -2.15. The zero-order chi connectivity index (χ0) is 15.2. The Morgan fingerprint density at radius 2 is 2.05 bits per heavy atom. The molecule has 0 aliphatic rings. The van der Waals surface area contributed by atoms with Crippen LogP contribution in [0.1, 0.15) is 24.2 Å². The van der Waals surface area contributed by atoms with E-state index in [1.54, 1.807) is 20.4 Å². The molecule has 1 aromatic carbocycles. The first-order valence-electron chi connectivity index (χ1n) is 6.70. The molecule has 1 unspecified atom stereocenters. The van der Waals surface area contributed by atoms with E-state index in [0.717, 1.165) is 11.3 Å². The van der Waals surface area contributed by atoms with Gasteiger partial charge in [0.15, 0.2) is 11.5 Å². The van der Waals surface area contributed by atoms with E-state index in [1.165, 1.54) is 0 Å². The maximum absolute atomic E-state index is 6.20. The summed E-state index contributed by atoms with van der Waals surface area (Å²) in [6.07, 6.45) is 1.79. The Morgan fingerprint density at radius 1 is 1.24 bits per heavy atom. The minimum absolute atomic E-state index is 0.151. The number of nitrogens with one attached hydrogen (secondary N) is 1. The van der Waals surface area contributed by atoms with Crippen molar-refractivity contribution in [2.75, 3.05) is 14.2 Å². The van der Waals surface area contributed by atoms with Gasteiger partial charge < -0.3 is 14.8 Å². The molecule has 112 valence electrons. The Kier molecular flexibility index (Phi) is 5.42. The van der Waals surface area contributed by atoms with E-state index in [-0.39, 0.29) is 6.04 Å². The predicted octanol–water partition coefficient (Wildman–Crippen LogP) is 3.60. The highest BCUT2D eigenvalue weighted by Crippen LogP contribution is 2.36. The fourth-order valence-electron chi connectivity index (χ4n) is 2.08. The zero-order valence-electron chi connectivity index (χ0n) is 12.4. The quantitative estimate of drug-likeness (QED) is 0.885. The molecule has 1 heterocycles. The van der Waals surface area contributed by atoms with Gasteiger partial charge in [0.25, 0.3) is 0 Å². The molecule has 0 amide bonds. The van der Waals surface area contributed by atoms with Gasteiger partial charge in [0.05, 0.1) is 24.9 Å². The van der Waals surface area contributed by atoms with Crippen LogP contribution >= 0.6 is 11.6 Å². The minimum Gasteiger partial charge on any atom is -0.493 e. The standard InChI is InChI=1S/C16H19ClN2O2/c1-11(14-6-4-5-7-18-14)19-10-12-8-13(17)16(21-3)15(9-12)20-2/h4-9,11,19H,10H2,1-3H3. The van der Waals surface area contributed by atoms with Crippen molar-refractivity contribution in [2.45, 2.75) is 19.5 Å². The van der Waals surface area contributed by atoms with E-state index in [0.29, 0.717) is 23.1 Å². The van der Waals surface area contributed by atoms with Crippen molar-refractivity contribution in [3.8, 4) is 11.5 Å². The monoisotopic (exact) mass is 306 g/mol. The highest BCUT2D eigenvalue weighted by molar-refractivity contribution is 6.32. The van der Waals surface area contributed by atoms with Crippen LogP contribution in [0.3, 0.4) is 0 Å². The Bertz CT molecular complexity index is 590. The molecule has 0 saturated heterocycles. The normalized spacial score (nSPS) is 12.0. The van der Waals surface area contributed by atoms with Gasteiger partial charge in [-0.2, -0.15) is 0 Å². The topological polar surface area (TPSA) is 43.4 Å². The molecule has 0 bridgehead atoms. The van der Waals surface area contributed by atoms with Gasteiger partial charge in [-0.25, -0.2) is 0 Å². The van der Waals surface area contributed by atoms with E-state index < -0.39 is 0 Å². The largest absolute Gasteiger partial charge is 0.493 e. The number of nitrogens with zero attached hydrogens (tertiary/aromatic N) is 1. The summed E-state index contributed by atoms with van der Waals surface area (Å²) >= 11 is 6.20. The van der Waals surface area contributed by atoms with Crippen molar-refractivity contribution < 1.29 is 9.47 Å². The van der Waals surface area contributed by atoms with Crippen molar-refractivity contribution in [2.24, 2.45) is 0 Å². The van der Waals surface area contributed by atoms with Crippen LogP contribution in [-0.4, -0.2) is 19.2 Å². The van der Waals surface area contributed by atoms with Crippen LogP contribution in [0.5, 0.6) is 11.5 Å². The summed E-state index contributed by atoms with van der Waals surface area (Å²) < 4.78 is 10.5. The van der Waals surface area contributed by atoms with Crippen molar-refractivity contribution in [3.63, 3.8) is 0 Å². The fraction of sp³-hybridized carbons (Fsp3) is 0.312. The summed E-state index contributed by atoms with van der Waals surface area (Å²) in [4.78, 5) is 4.34. The Hall–Kier alpha value is -1.78. The van der Waals surface area contributed by atoms with Gasteiger partial charge in [0.2, 0.25) is 0 Å². The molecule has 5 heteroatoms. The molecule has 0 radical (unpaired) electrons. The Morgan fingerprint density at radius 3 is 2.67 bits per heavy atom. The number of halogens is 1. The second-order valence-electron chi connectivity index (χ2n) is 4.67. The van der Waals surface area contributed by atoms with Gasteiger partial charge >= 0.3 is 0 Å². The third kappa shape index (κ3) is 3.86. The molecule has 21 heavy (non-hydrogen) atoms. The number of ether oxygens (including phenoxy) is 2. The first kappa shape index (κ1) is 15.6. The predicted molar refractivity (Wildman–Crippen MR) is 84.0 cm³/mol. The van der Waals surface area contributed by atoms with Crippen LogP contribution in [0.2, 0.25) is 5.02 Å². The second kappa shape index (κ2) is 7.29. The molecule has 2 rings (SSSR count). The number of rotatable bonds is 6. The van der Waals surface area contributed by atoms with Gasteiger partial charge in [0, 0.05) is 18.8 Å². The van der Waals surface area contributed by atoms with Crippen molar-refractivity contribution in [3.05, 3.63) is 52.8 Å². The lowest BCUT2D eigenvalue weighted by atomic mass is 10.1. The van der Waals surface area contributed by atoms with Crippen LogP contribution in [0, 0.1) is 0 Å². The van der Waals surface area contributed by atoms with Gasteiger partial charge in [-0.15, -0.1) is 0 Å². The molecule has 1 N–H and O–H groups in total. The van der Waals surface area contributed by atoms with E-state index in [9.17, 15) is 0 Å². The van der Waals surface area contributed by atoms with E-state index in [4.69, 9.17) is 21.1 Å². The van der Waals surface area contributed by atoms with Crippen molar-refractivity contribution in [1.29, 1.82) is 0 Å². The molecule has 2 aromatic rings. The number of aromatic nitrogens is 1. The Labute approximate surface area is 130 Å². The lowest BCUT2D eigenvalue weighted by Crippen LogP contribution is -2.19. The maximum Gasteiger partial charge on any atom is 0.179 e. The minimum atomic E-state index is 0.151. The number of pyridine rings is 1. The van der Waals surface area contributed by atoms with Crippen LogP contribution in [0.15, 0.2) is 36.5 Å². The number of benzene rings is 1. The first-order chi connectivity index (χ1) is 10.2. The van der Waals surface area contributed by atoms with Gasteiger partial charge in [-0.1, -0.05) is 17.7 Å². The first-order valence-corrected chi connectivity index (χ1v) is 7.08. The molecular formula is C16H19ClN2O2. The van der Waals surface area contributed by atoms with Crippen LogP contribution in [-0.2, 0) is 6.54 Å². The van der Waals surface area contributed by atoms with Crippen molar-refractivity contribution >= 4 is 11.6 Å². The lowest BCUT2D eigenvalue weighted by molar-refractivity contribution is 0.354. The Balaban J connectivity index is 2.08. The molecule has 4 nitrogen and oxygen atoms in total. The summed E-state index contributed by atoms with van der Waals surface area (Å²) in [5.41, 5.74) is 2.03. The summed E-state index contributed by atoms with van der Waals surface area (Å²) in [6, 6.07) is 9.83. The highest BCUT2D eigenvalue weighted by atomic mass is 35.5. The molecule has 0 saturated carbocycles. The third-order valence-electron chi connectivity index (χ3n) is 3.24. The summed E-state index contributed by atoms with van der Waals surface area (Å²) in [5, 5.41) is 3.95. The molecule has 0 aliphatic heterocycles. The van der Waals surface area contributed by atoms with E-state index in [1.807, 2.05) is 30.3 Å². The highest BCUT2D eigenvalue weighted by Gasteiger charge is 2.12. The zero-order valence-corrected chi connectivity index (χ0v) is 13.1. The van der Waals surface area contributed by atoms with Crippen molar-refractivity contribution in [1.82, 2.24) is 10.3 Å². The maximum atomic E-state index is 6.20. The summed E-state index contributed by atoms with van der Waals surface area (Å²) in [5.74, 6) is 1.19. The average Bonchev–Trinajstić information content (AvgIpc) is 2.52. The molecule has 0 aliphatic carbocycles. The number of hydrogen-bond acceptors (Lipinski definition) is 4. The van der Waals surface area contributed by atoms with Crippen LogP contribution in [0.25, 0.3) is 0 Å². The van der Waals surface area contributed by atoms with Gasteiger partial charge in [-0.3, -0.25) is 4.98 Å². The third-order valence-corrected chi connectivity index (χ3v) is 3.52. The van der Waals surface area contributed by atoms with E-state index >= 15 is 0 Å². The molecular weight excluding hydrogens is 288 g/mol. The summed E-state index contributed by atoms with van der Waals surface area (Å²) in [7, 11) is 3.17. The number of hydrogen-bond donors (Lipinski definition) is 1. The summed E-state index contributed by atoms with van der Waals surface area (Å²) in [6.45, 7) is 2.74. The molecule has 1 atom stereocenters. The SMILES string of the molecule is COc1cc(CNC(C)c2ccccn2)cc(Cl)c1OC. The van der Waals surface area contributed by atoms with E-state index in [2.05, 4.69) is 17.2 Å². The average molecular weight is 307 g/mol. The molecule has 1 aromatic heterocycles. The molecule has 0 spiro atoms. The van der Waals surface area contributed by atoms with Crippen LogP contribution in [0.4, 0.5) is 0 Å². The smallest absolute Gasteiger partial charge is 0.179 e. The van der Waals surface area contributed by atoms with Gasteiger partial charge in [-0.05, 0) is 36.8 Å². The number of methoxy groups -OCH3 is 2.